The highest BCUT2D eigenvalue weighted by Crippen LogP contribution is 2.18. The number of benzene rings is 1. The van der Waals surface area contributed by atoms with Crippen LogP contribution >= 0.6 is 0 Å². The Labute approximate surface area is 117 Å². The summed E-state index contributed by atoms with van der Waals surface area (Å²) in [5.41, 5.74) is 0.859. The molecule has 0 saturated heterocycles. The number of carbonyl (C=O) groups is 1. The van der Waals surface area contributed by atoms with E-state index in [0.717, 1.165) is 5.56 Å². The van der Waals surface area contributed by atoms with E-state index in [1.54, 1.807) is 4.90 Å². The van der Waals surface area contributed by atoms with Gasteiger partial charge in [-0.2, -0.15) is 0 Å². The predicted octanol–water partition coefficient (Wildman–Crippen LogP) is 2.66. The fourth-order valence-electron chi connectivity index (χ4n) is 1.79. The Balaban J connectivity index is 2.17. The highest BCUT2D eigenvalue weighted by atomic mass is 16.4. The monoisotopic (exact) mass is 271 g/mol. The zero-order valence-electron chi connectivity index (χ0n) is 11.6. The lowest BCUT2D eigenvalue weighted by Gasteiger charge is -2.23. The molecule has 0 spiro atoms. The summed E-state index contributed by atoms with van der Waals surface area (Å²) in [7, 11) is 0. The third-order valence-corrected chi connectivity index (χ3v) is 2.87. The van der Waals surface area contributed by atoms with E-state index in [1.807, 2.05) is 44.2 Å². The van der Waals surface area contributed by atoms with E-state index in [2.05, 4.69) is 16.8 Å². The molecule has 1 heterocycles. The third kappa shape index (κ3) is 3.12. The first kappa shape index (κ1) is 14.0. The maximum absolute atomic E-state index is 11.8. The molecule has 1 aromatic carbocycles. The molecule has 0 aliphatic carbocycles. The highest BCUT2D eigenvalue weighted by Gasteiger charge is 2.18. The molecule has 0 aliphatic heterocycles. The van der Waals surface area contributed by atoms with Gasteiger partial charge in [0.2, 0.25) is 17.7 Å². The van der Waals surface area contributed by atoms with E-state index in [0.29, 0.717) is 11.8 Å². The molecular formula is C15H17N3O2. The smallest absolute Gasteiger partial charge is 0.247 e. The molecule has 104 valence electrons. The predicted molar refractivity (Wildman–Crippen MR) is 75.6 cm³/mol. The van der Waals surface area contributed by atoms with Crippen molar-refractivity contribution in [3.8, 4) is 11.5 Å². The van der Waals surface area contributed by atoms with Gasteiger partial charge in [-0.3, -0.25) is 4.79 Å². The molecule has 0 fully saturated rings. The lowest BCUT2D eigenvalue weighted by Crippen LogP contribution is -2.35. The van der Waals surface area contributed by atoms with Gasteiger partial charge in [-0.25, -0.2) is 0 Å². The summed E-state index contributed by atoms with van der Waals surface area (Å²) < 4.78 is 5.59. The molecule has 1 aromatic heterocycles. The molecule has 0 saturated carbocycles. The normalized spacial score (nSPS) is 10.6. The number of rotatable bonds is 5. The van der Waals surface area contributed by atoms with Crippen LogP contribution in [0.4, 0.5) is 0 Å². The van der Waals surface area contributed by atoms with Gasteiger partial charge in [0.25, 0.3) is 0 Å². The van der Waals surface area contributed by atoms with Crippen molar-refractivity contribution in [3.63, 3.8) is 0 Å². The minimum atomic E-state index is -0.153. The van der Waals surface area contributed by atoms with Gasteiger partial charge in [-0.05, 0) is 32.1 Å². The van der Waals surface area contributed by atoms with Crippen molar-refractivity contribution in [3.05, 3.63) is 48.9 Å². The Morgan fingerprint density at radius 1 is 1.35 bits per heavy atom. The molecule has 5 heteroatoms. The summed E-state index contributed by atoms with van der Waals surface area (Å²) in [6.07, 6.45) is 1.29. The van der Waals surface area contributed by atoms with E-state index in [1.165, 1.54) is 6.08 Å². The minimum absolute atomic E-state index is 0.0348. The van der Waals surface area contributed by atoms with Crippen LogP contribution in [0.25, 0.3) is 11.5 Å². The topological polar surface area (TPSA) is 59.2 Å². The van der Waals surface area contributed by atoms with Crippen molar-refractivity contribution in [2.45, 2.75) is 26.4 Å². The molecule has 0 atom stereocenters. The highest BCUT2D eigenvalue weighted by molar-refractivity contribution is 5.87. The van der Waals surface area contributed by atoms with Crippen LogP contribution in [0.15, 0.2) is 47.4 Å². The van der Waals surface area contributed by atoms with Crippen LogP contribution in [0.5, 0.6) is 0 Å². The van der Waals surface area contributed by atoms with Gasteiger partial charge < -0.3 is 9.32 Å². The number of carbonyl (C=O) groups excluding carboxylic acids is 1. The van der Waals surface area contributed by atoms with Crippen LogP contribution in [0.3, 0.4) is 0 Å². The van der Waals surface area contributed by atoms with Gasteiger partial charge in [-0.1, -0.05) is 24.8 Å². The largest absolute Gasteiger partial charge is 0.419 e. The van der Waals surface area contributed by atoms with E-state index < -0.39 is 0 Å². The maximum Gasteiger partial charge on any atom is 0.247 e. The maximum atomic E-state index is 11.8. The molecule has 20 heavy (non-hydrogen) atoms. The SMILES string of the molecule is C=CC(=O)N(Cc1nnc(-c2ccccc2)o1)C(C)C. The first-order valence-corrected chi connectivity index (χ1v) is 6.42. The van der Waals surface area contributed by atoms with Crippen LogP contribution in [0.1, 0.15) is 19.7 Å². The molecular weight excluding hydrogens is 254 g/mol. The molecule has 0 radical (unpaired) electrons. The average molecular weight is 271 g/mol. The van der Waals surface area contributed by atoms with Crippen LogP contribution in [-0.2, 0) is 11.3 Å². The van der Waals surface area contributed by atoms with Crippen molar-refractivity contribution in [1.82, 2.24) is 15.1 Å². The molecule has 1 amide bonds. The number of nitrogens with zero attached hydrogens (tertiary/aromatic N) is 3. The van der Waals surface area contributed by atoms with Crippen LogP contribution < -0.4 is 0 Å². The van der Waals surface area contributed by atoms with Gasteiger partial charge in [0, 0.05) is 11.6 Å². The zero-order chi connectivity index (χ0) is 14.5. The molecule has 0 unspecified atom stereocenters. The van der Waals surface area contributed by atoms with Gasteiger partial charge in [0.15, 0.2) is 0 Å². The average Bonchev–Trinajstić information content (AvgIpc) is 2.93. The van der Waals surface area contributed by atoms with Crippen LogP contribution in [0.2, 0.25) is 0 Å². The van der Waals surface area contributed by atoms with Gasteiger partial charge in [-0.15, -0.1) is 10.2 Å². The van der Waals surface area contributed by atoms with Gasteiger partial charge >= 0.3 is 0 Å². The third-order valence-electron chi connectivity index (χ3n) is 2.87. The quantitative estimate of drug-likeness (QED) is 0.784. The second kappa shape index (κ2) is 6.14. The molecule has 0 bridgehead atoms. The fourth-order valence-corrected chi connectivity index (χ4v) is 1.79. The summed E-state index contributed by atoms with van der Waals surface area (Å²) in [6, 6.07) is 9.55. The zero-order valence-corrected chi connectivity index (χ0v) is 11.6. The first-order chi connectivity index (χ1) is 9.61. The molecule has 0 N–H and O–H groups in total. The summed E-state index contributed by atoms with van der Waals surface area (Å²) in [5.74, 6) is 0.711. The second-order valence-corrected chi connectivity index (χ2v) is 4.63. The Morgan fingerprint density at radius 3 is 2.65 bits per heavy atom. The molecule has 5 nitrogen and oxygen atoms in total. The fraction of sp³-hybridized carbons (Fsp3) is 0.267. The second-order valence-electron chi connectivity index (χ2n) is 4.63. The van der Waals surface area contributed by atoms with Gasteiger partial charge in [0.05, 0.1) is 6.54 Å². The van der Waals surface area contributed by atoms with E-state index in [4.69, 9.17) is 4.42 Å². The minimum Gasteiger partial charge on any atom is -0.419 e. The lowest BCUT2D eigenvalue weighted by molar-refractivity contribution is -0.128. The van der Waals surface area contributed by atoms with Crippen molar-refractivity contribution < 1.29 is 9.21 Å². The lowest BCUT2D eigenvalue weighted by atomic mass is 10.2. The standard InChI is InChI=1S/C15H17N3O2/c1-4-14(19)18(11(2)3)10-13-16-17-15(20-13)12-8-6-5-7-9-12/h4-9,11H,1,10H2,2-3H3. The van der Waals surface area contributed by atoms with Crippen molar-refractivity contribution in [1.29, 1.82) is 0 Å². The van der Waals surface area contributed by atoms with Crippen LogP contribution in [-0.4, -0.2) is 27.0 Å². The number of hydrogen-bond donors (Lipinski definition) is 0. The van der Waals surface area contributed by atoms with Gasteiger partial charge in [0.1, 0.15) is 0 Å². The van der Waals surface area contributed by atoms with Crippen molar-refractivity contribution >= 4 is 5.91 Å². The molecule has 2 rings (SSSR count). The Bertz CT molecular complexity index is 590. The Kier molecular flexibility index (Phi) is 4.30. The number of amides is 1. The Hall–Kier alpha value is -2.43. The first-order valence-electron chi connectivity index (χ1n) is 6.42. The Morgan fingerprint density at radius 2 is 2.05 bits per heavy atom. The van der Waals surface area contributed by atoms with E-state index >= 15 is 0 Å². The van der Waals surface area contributed by atoms with Crippen molar-refractivity contribution in [2.24, 2.45) is 0 Å². The number of aromatic nitrogens is 2. The van der Waals surface area contributed by atoms with Crippen LogP contribution in [0, 0.1) is 0 Å². The summed E-state index contributed by atoms with van der Waals surface area (Å²) in [6.45, 7) is 7.63. The van der Waals surface area contributed by atoms with E-state index in [9.17, 15) is 4.79 Å². The summed E-state index contributed by atoms with van der Waals surface area (Å²) in [4.78, 5) is 13.4. The van der Waals surface area contributed by atoms with Crippen molar-refractivity contribution in [2.75, 3.05) is 0 Å². The van der Waals surface area contributed by atoms with E-state index in [-0.39, 0.29) is 18.5 Å². The summed E-state index contributed by atoms with van der Waals surface area (Å²) in [5, 5.41) is 7.99. The molecule has 0 aliphatic rings. The summed E-state index contributed by atoms with van der Waals surface area (Å²) >= 11 is 0. The number of hydrogen-bond acceptors (Lipinski definition) is 4. The molecule has 2 aromatic rings.